The Hall–Kier alpha value is -2.36. The van der Waals surface area contributed by atoms with Crippen molar-refractivity contribution in [1.29, 1.82) is 5.26 Å². The molecule has 0 amide bonds. The normalized spacial score (nSPS) is 18.5. The van der Waals surface area contributed by atoms with Crippen molar-refractivity contribution in [2.75, 3.05) is 32.8 Å². The number of hydrogen-bond donors (Lipinski definition) is 0. The van der Waals surface area contributed by atoms with E-state index in [9.17, 15) is 0 Å². The van der Waals surface area contributed by atoms with Crippen LogP contribution in [-0.4, -0.2) is 53.6 Å². The SMILES string of the molecule is N#Cc1ccc(OCCN2CCOC(Cn3cccn3)C2)cc1. The lowest BCUT2D eigenvalue weighted by Gasteiger charge is -2.32. The van der Waals surface area contributed by atoms with E-state index in [-0.39, 0.29) is 6.10 Å². The van der Waals surface area contributed by atoms with Gasteiger partial charge in [0, 0.05) is 32.0 Å². The fraction of sp³-hybridized carbons (Fsp3) is 0.412. The summed E-state index contributed by atoms with van der Waals surface area (Å²) >= 11 is 0. The van der Waals surface area contributed by atoms with Crippen LogP contribution in [0.1, 0.15) is 5.56 Å². The van der Waals surface area contributed by atoms with E-state index in [0.29, 0.717) is 12.2 Å². The molecule has 1 unspecified atom stereocenters. The largest absolute Gasteiger partial charge is 0.492 e. The zero-order valence-corrected chi connectivity index (χ0v) is 13.0. The molecule has 3 rings (SSSR count). The van der Waals surface area contributed by atoms with Crippen LogP contribution in [0.3, 0.4) is 0 Å². The van der Waals surface area contributed by atoms with Gasteiger partial charge in [0.15, 0.2) is 0 Å². The number of benzene rings is 1. The molecule has 0 aliphatic carbocycles. The summed E-state index contributed by atoms with van der Waals surface area (Å²) < 4.78 is 13.4. The van der Waals surface area contributed by atoms with E-state index in [1.54, 1.807) is 18.3 Å². The van der Waals surface area contributed by atoms with Crippen LogP contribution >= 0.6 is 0 Å². The Balaban J connectivity index is 1.41. The van der Waals surface area contributed by atoms with Gasteiger partial charge in [0.05, 0.1) is 30.9 Å². The highest BCUT2D eigenvalue weighted by Gasteiger charge is 2.20. The average molecular weight is 312 g/mol. The molecule has 1 fully saturated rings. The van der Waals surface area contributed by atoms with Crippen LogP contribution in [0.4, 0.5) is 0 Å². The first-order chi connectivity index (χ1) is 11.3. The molecule has 1 atom stereocenters. The van der Waals surface area contributed by atoms with Crippen LogP contribution in [-0.2, 0) is 11.3 Å². The van der Waals surface area contributed by atoms with Crippen molar-refractivity contribution in [3.8, 4) is 11.8 Å². The zero-order valence-electron chi connectivity index (χ0n) is 13.0. The van der Waals surface area contributed by atoms with Gasteiger partial charge in [0.1, 0.15) is 12.4 Å². The van der Waals surface area contributed by atoms with Gasteiger partial charge in [0.25, 0.3) is 0 Å². The summed E-state index contributed by atoms with van der Waals surface area (Å²) in [7, 11) is 0. The molecule has 1 aliphatic rings. The first-order valence-corrected chi connectivity index (χ1v) is 7.78. The standard InChI is InChI=1S/C17H20N4O2/c18-12-15-2-4-16(5-3-15)22-10-8-20-9-11-23-17(13-20)14-21-7-1-6-19-21/h1-7,17H,8-11,13-14H2. The van der Waals surface area contributed by atoms with Gasteiger partial charge in [-0.25, -0.2) is 0 Å². The molecule has 0 saturated carbocycles. The fourth-order valence-corrected chi connectivity index (χ4v) is 2.63. The van der Waals surface area contributed by atoms with Crippen molar-refractivity contribution in [2.45, 2.75) is 12.6 Å². The monoisotopic (exact) mass is 312 g/mol. The van der Waals surface area contributed by atoms with Crippen molar-refractivity contribution in [2.24, 2.45) is 0 Å². The number of nitrogens with zero attached hydrogens (tertiary/aromatic N) is 4. The number of morpholine rings is 1. The minimum absolute atomic E-state index is 0.165. The highest BCUT2D eigenvalue weighted by Crippen LogP contribution is 2.12. The number of ether oxygens (including phenoxy) is 2. The Morgan fingerprint density at radius 3 is 2.96 bits per heavy atom. The van der Waals surface area contributed by atoms with E-state index in [4.69, 9.17) is 14.7 Å². The van der Waals surface area contributed by atoms with E-state index < -0.39 is 0 Å². The van der Waals surface area contributed by atoms with Gasteiger partial charge >= 0.3 is 0 Å². The molecule has 23 heavy (non-hydrogen) atoms. The number of nitriles is 1. The molecule has 0 radical (unpaired) electrons. The molecule has 1 aromatic heterocycles. The molecular formula is C17H20N4O2. The zero-order chi connectivity index (χ0) is 15.9. The minimum Gasteiger partial charge on any atom is -0.492 e. The molecule has 1 aliphatic heterocycles. The van der Waals surface area contributed by atoms with Crippen molar-refractivity contribution in [3.63, 3.8) is 0 Å². The van der Waals surface area contributed by atoms with Gasteiger partial charge in [-0.05, 0) is 30.3 Å². The van der Waals surface area contributed by atoms with Crippen LogP contribution in [0, 0.1) is 11.3 Å². The highest BCUT2D eigenvalue weighted by molar-refractivity contribution is 5.34. The van der Waals surface area contributed by atoms with E-state index in [1.807, 2.05) is 29.1 Å². The highest BCUT2D eigenvalue weighted by atomic mass is 16.5. The van der Waals surface area contributed by atoms with Gasteiger partial charge < -0.3 is 9.47 Å². The third-order valence-electron chi connectivity index (χ3n) is 3.83. The maximum absolute atomic E-state index is 8.78. The lowest BCUT2D eigenvalue weighted by Crippen LogP contribution is -2.45. The second kappa shape index (κ2) is 7.77. The van der Waals surface area contributed by atoms with Gasteiger partial charge in [-0.3, -0.25) is 9.58 Å². The Morgan fingerprint density at radius 1 is 1.35 bits per heavy atom. The van der Waals surface area contributed by atoms with E-state index in [1.165, 1.54) is 0 Å². The van der Waals surface area contributed by atoms with E-state index in [2.05, 4.69) is 16.1 Å². The van der Waals surface area contributed by atoms with Gasteiger partial charge in [-0.2, -0.15) is 10.4 Å². The van der Waals surface area contributed by atoms with Crippen LogP contribution in [0.25, 0.3) is 0 Å². The maximum atomic E-state index is 8.78. The molecular weight excluding hydrogens is 292 g/mol. The van der Waals surface area contributed by atoms with Crippen LogP contribution in [0.15, 0.2) is 42.7 Å². The number of rotatable bonds is 6. The van der Waals surface area contributed by atoms with Crippen molar-refractivity contribution >= 4 is 0 Å². The van der Waals surface area contributed by atoms with Crippen molar-refractivity contribution in [1.82, 2.24) is 14.7 Å². The smallest absolute Gasteiger partial charge is 0.119 e. The number of hydrogen-bond acceptors (Lipinski definition) is 5. The van der Waals surface area contributed by atoms with Gasteiger partial charge in [0.2, 0.25) is 0 Å². The molecule has 0 N–H and O–H groups in total. The summed E-state index contributed by atoms with van der Waals surface area (Å²) in [6.07, 6.45) is 3.90. The Bertz CT molecular complexity index is 634. The fourth-order valence-electron chi connectivity index (χ4n) is 2.63. The molecule has 0 bridgehead atoms. The predicted molar refractivity (Wildman–Crippen MR) is 85.1 cm³/mol. The average Bonchev–Trinajstić information content (AvgIpc) is 3.09. The Labute approximate surface area is 135 Å². The van der Waals surface area contributed by atoms with E-state index in [0.717, 1.165) is 38.5 Å². The molecule has 2 aromatic rings. The molecule has 2 heterocycles. The van der Waals surface area contributed by atoms with Crippen molar-refractivity contribution < 1.29 is 9.47 Å². The molecule has 1 aromatic carbocycles. The van der Waals surface area contributed by atoms with Crippen LogP contribution < -0.4 is 4.74 Å². The third kappa shape index (κ3) is 4.55. The molecule has 1 saturated heterocycles. The van der Waals surface area contributed by atoms with Crippen molar-refractivity contribution in [3.05, 3.63) is 48.3 Å². The van der Waals surface area contributed by atoms with E-state index >= 15 is 0 Å². The molecule has 0 spiro atoms. The lowest BCUT2D eigenvalue weighted by atomic mass is 10.2. The summed E-state index contributed by atoms with van der Waals surface area (Å²) in [5, 5.41) is 13.0. The molecule has 6 heteroatoms. The third-order valence-corrected chi connectivity index (χ3v) is 3.83. The predicted octanol–water partition coefficient (Wildman–Crippen LogP) is 1.53. The lowest BCUT2D eigenvalue weighted by molar-refractivity contribution is -0.0400. The van der Waals surface area contributed by atoms with Gasteiger partial charge in [-0.15, -0.1) is 0 Å². The first-order valence-electron chi connectivity index (χ1n) is 7.78. The quantitative estimate of drug-likeness (QED) is 0.809. The first kappa shape index (κ1) is 15.5. The molecule has 120 valence electrons. The summed E-state index contributed by atoms with van der Waals surface area (Å²) in [6.45, 7) is 4.81. The summed E-state index contributed by atoms with van der Waals surface area (Å²) in [5.41, 5.74) is 0.645. The minimum atomic E-state index is 0.165. The van der Waals surface area contributed by atoms with Crippen LogP contribution in [0.5, 0.6) is 5.75 Å². The Kier molecular flexibility index (Phi) is 5.25. The molecule has 6 nitrogen and oxygen atoms in total. The summed E-state index contributed by atoms with van der Waals surface area (Å²) in [5.74, 6) is 0.797. The second-order valence-corrected chi connectivity index (χ2v) is 5.51. The van der Waals surface area contributed by atoms with Gasteiger partial charge in [-0.1, -0.05) is 0 Å². The maximum Gasteiger partial charge on any atom is 0.119 e. The number of aromatic nitrogens is 2. The Morgan fingerprint density at radius 2 is 2.22 bits per heavy atom. The summed E-state index contributed by atoms with van der Waals surface area (Å²) in [4.78, 5) is 2.35. The second-order valence-electron chi connectivity index (χ2n) is 5.51. The summed E-state index contributed by atoms with van der Waals surface area (Å²) in [6, 6.07) is 11.2. The topological polar surface area (TPSA) is 63.3 Å². The van der Waals surface area contributed by atoms with Crippen LogP contribution in [0.2, 0.25) is 0 Å².